The van der Waals surface area contributed by atoms with Gasteiger partial charge in [0.1, 0.15) is 11.6 Å². The molecule has 1 atom stereocenters. The summed E-state index contributed by atoms with van der Waals surface area (Å²) in [5.41, 5.74) is 2.94. The van der Waals surface area contributed by atoms with E-state index in [2.05, 4.69) is 15.6 Å². The molecular weight excluding hydrogens is 337 g/mol. The van der Waals surface area contributed by atoms with E-state index in [9.17, 15) is 9.18 Å². The number of rotatable bonds is 5. The molecule has 3 rings (SSSR count). The van der Waals surface area contributed by atoms with Gasteiger partial charge in [0.25, 0.3) is 5.91 Å². The highest BCUT2D eigenvalue weighted by Gasteiger charge is 2.21. The molecule has 0 bridgehead atoms. The van der Waals surface area contributed by atoms with Crippen molar-refractivity contribution in [3.63, 3.8) is 0 Å². The molecule has 0 aliphatic heterocycles. The van der Waals surface area contributed by atoms with Gasteiger partial charge in [0.2, 0.25) is 5.82 Å². The van der Waals surface area contributed by atoms with Gasteiger partial charge in [-0.25, -0.2) is 9.02 Å². The Morgan fingerprint density at radius 3 is 2.62 bits per heavy atom. The standard InChI is InChI=1S/C19H18FN3O3/c1-11-5-4-6-16(12(11)2)25-13(3)19(24)21-18-17(22-26-23-18)14-7-9-15(20)10-8-14/h4-10,13H,1-3H3,(H,21,23,24)/t13-/m0/s1. The van der Waals surface area contributed by atoms with Crippen LogP contribution in [0.3, 0.4) is 0 Å². The fourth-order valence-corrected chi connectivity index (χ4v) is 2.38. The lowest BCUT2D eigenvalue weighted by atomic mass is 10.1. The SMILES string of the molecule is Cc1cccc(O[C@@H](C)C(=O)Nc2nonc2-c2ccc(F)cc2)c1C. The van der Waals surface area contributed by atoms with Crippen LogP contribution in [0.15, 0.2) is 47.1 Å². The van der Waals surface area contributed by atoms with Gasteiger partial charge < -0.3 is 10.1 Å². The van der Waals surface area contributed by atoms with Crippen molar-refractivity contribution in [2.24, 2.45) is 0 Å². The van der Waals surface area contributed by atoms with E-state index >= 15 is 0 Å². The van der Waals surface area contributed by atoms with Gasteiger partial charge in [0.15, 0.2) is 11.8 Å². The van der Waals surface area contributed by atoms with Crippen LogP contribution in [-0.2, 0) is 4.79 Å². The summed E-state index contributed by atoms with van der Waals surface area (Å²) in [7, 11) is 0. The zero-order valence-electron chi connectivity index (χ0n) is 14.6. The molecule has 1 aromatic heterocycles. The summed E-state index contributed by atoms with van der Waals surface area (Å²) in [5, 5.41) is 10.1. The molecule has 0 aliphatic carbocycles. The number of ether oxygens (including phenoxy) is 1. The number of nitrogens with one attached hydrogen (secondary N) is 1. The molecule has 6 nitrogen and oxygen atoms in total. The van der Waals surface area contributed by atoms with Crippen LogP contribution in [0, 0.1) is 19.7 Å². The van der Waals surface area contributed by atoms with Gasteiger partial charge in [0, 0.05) is 5.56 Å². The summed E-state index contributed by atoms with van der Waals surface area (Å²) in [6.45, 7) is 5.55. The number of nitrogens with zero attached hydrogens (tertiary/aromatic N) is 2. The van der Waals surface area contributed by atoms with Crippen LogP contribution < -0.4 is 10.1 Å². The van der Waals surface area contributed by atoms with E-state index in [0.29, 0.717) is 17.0 Å². The highest BCUT2D eigenvalue weighted by molar-refractivity contribution is 5.95. The zero-order valence-corrected chi connectivity index (χ0v) is 14.6. The number of hydrogen-bond acceptors (Lipinski definition) is 5. The number of hydrogen-bond donors (Lipinski definition) is 1. The van der Waals surface area contributed by atoms with Gasteiger partial charge in [-0.3, -0.25) is 4.79 Å². The fraction of sp³-hybridized carbons (Fsp3) is 0.211. The zero-order chi connectivity index (χ0) is 18.7. The van der Waals surface area contributed by atoms with E-state index in [1.807, 2.05) is 32.0 Å². The molecule has 0 saturated heterocycles. The number of anilines is 1. The summed E-state index contributed by atoms with van der Waals surface area (Å²) < 4.78 is 23.5. The van der Waals surface area contributed by atoms with Gasteiger partial charge in [-0.15, -0.1) is 0 Å². The van der Waals surface area contributed by atoms with Gasteiger partial charge in [0.05, 0.1) is 0 Å². The second kappa shape index (κ2) is 7.35. The molecule has 1 amide bonds. The predicted octanol–water partition coefficient (Wildman–Crippen LogP) is 3.90. The maximum absolute atomic E-state index is 13.1. The molecule has 0 unspecified atom stereocenters. The lowest BCUT2D eigenvalue weighted by molar-refractivity contribution is -0.122. The molecule has 134 valence electrons. The summed E-state index contributed by atoms with van der Waals surface area (Å²) in [6, 6.07) is 11.3. The fourth-order valence-electron chi connectivity index (χ4n) is 2.38. The highest BCUT2D eigenvalue weighted by Crippen LogP contribution is 2.25. The normalized spacial score (nSPS) is 11.8. The molecule has 7 heteroatoms. The lowest BCUT2D eigenvalue weighted by Crippen LogP contribution is -2.30. The van der Waals surface area contributed by atoms with Crippen molar-refractivity contribution < 1.29 is 18.6 Å². The predicted molar refractivity (Wildman–Crippen MR) is 94.3 cm³/mol. The maximum atomic E-state index is 13.1. The second-order valence-corrected chi connectivity index (χ2v) is 5.92. The topological polar surface area (TPSA) is 77.2 Å². The molecular formula is C19H18FN3O3. The van der Waals surface area contributed by atoms with Gasteiger partial charge in [-0.05, 0) is 72.5 Å². The van der Waals surface area contributed by atoms with E-state index < -0.39 is 12.0 Å². The van der Waals surface area contributed by atoms with Crippen molar-refractivity contribution in [2.75, 3.05) is 5.32 Å². The van der Waals surface area contributed by atoms with Crippen LogP contribution in [0.4, 0.5) is 10.2 Å². The first kappa shape index (κ1) is 17.6. The highest BCUT2D eigenvalue weighted by atomic mass is 19.1. The Morgan fingerprint density at radius 1 is 1.15 bits per heavy atom. The van der Waals surface area contributed by atoms with Crippen molar-refractivity contribution in [3.05, 3.63) is 59.4 Å². The first-order chi connectivity index (χ1) is 12.5. The Labute approximate surface area is 149 Å². The van der Waals surface area contributed by atoms with Crippen LogP contribution in [0.25, 0.3) is 11.3 Å². The third kappa shape index (κ3) is 3.72. The molecule has 2 aromatic carbocycles. The Balaban J connectivity index is 1.73. The van der Waals surface area contributed by atoms with Crippen LogP contribution in [-0.4, -0.2) is 22.3 Å². The average Bonchev–Trinajstić information content (AvgIpc) is 3.07. The maximum Gasteiger partial charge on any atom is 0.266 e. The van der Waals surface area contributed by atoms with Crippen molar-refractivity contribution in [3.8, 4) is 17.0 Å². The molecule has 0 radical (unpaired) electrons. The van der Waals surface area contributed by atoms with Crippen molar-refractivity contribution >= 4 is 11.7 Å². The quantitative estimate of drug-likeness (QED) is 0.751. The van der Waals surface area contributed by atoms with E-state index in [1.54, 1.807) is 6.92 Å². The Morgan fingerprint density at radius 2 is 1.88 bits per heavy atom. The first-order valence-corrected chi connectivity index (χ1v) is 8.08. The smallest absolute Gasteiger partial charge is 0.266 e. The van der Waals surface area contributed by atoms with E-state index in [0.717, 1.165) is 11.1 Å². The van der Waals surface area contributed by atoms with Gasteiger partial charge >= 0.3 is 0 Å². The second-order valence-electron chi connectivity index (χ2n) is 5.92. The molecule has 1 N–H and O–H groups in total. The third-order valence-corrected chi connectivity index (χ3v) is 4.08. The van der Waals surface area contributed by atoms with Crippen molar-refractivity contribution in [1.29, 1.82) is 0 Å². The number of amides is 1. The van der Waals surface area contributed by atoms with Crippen molar-refractivity contribution in [2.45, 2.75) is 26.9 Å². The lowest BCUT2D eigenvalue weighted by Gasteiger charge is -2.16. The largest absolute Gasteiger partial charge is 0.481 e. The minimum absolute atomic E-state index is 0.151. The minimum Gasteiger partial charge on any atom is -0.481 e. The number of carbonyl (C=O) groups is 1. The van der Waals surface area contributed by atoms with Gasteiger partial charge in [-0.2, -0.15) is 0 Å². The monoisotopic (exact) mass is 355 g/mol. The third-order valence-electron chi connectivity index (χ3n) is 4.08. The van der Waals surface area contributed by atoms with E-state index in [-0.39, 0.29) is 11.6 Å². The Bertz CT molecular complexity index is 922. The minimum atomic E-state index is -0.756. The summed E-state index contributed by atoms with van der Waals surface area (Å²) in [5.74, 6) is 0.0269. The van der Waals surface area contributed by atoms with Crippen LogP contribution in [0.1, 0.15) is 18.1 Å². The molecule has 0 saturated carbocycles. The molecule has 0 spiro atoms. The average molecular weight is 355 g/mol. The Hall–Kier alpha value is -3.22. The van der Waals surface area contributed by atoms with Crippen LogP contribution in [0.2, 0.25) is 0 Å². The summed E-state index contributed by atoms with van der Waals surface area (Å²) >= 11 is 0. The number of benzene rings is 2. The van der Waals surface area contributed by atoms with Crippen LogP contribution in [0.5, 0.6) is 5.75 Å². The van der Waals surface area contributed by atoms with Gasteiger partial charge in [-0.1, -0.05) is 12.1 Å². The number of aromatic nitrogens is 2. The number of aryl methyl sites for hydroxylation is 1. The number of halogens is 1. The Kier molecular flexibility index (Phi) is 4.97. The molecule has 0 aliphatic rings. The number of carbonyl (C=O) groups excluding carboxylic acids is 1. The molecule has 1 heterocycles. The first-order valence-electron chi connectivity index (χ1n) is 8.08. The molecule has 0 fully saturated rings. The van der Waals surface area contributed by atoms with Crippen molar-refractivity contribution in [1.82, 2.24) is 10.3 Å². The molecule has 3 aromatic rings. The summed E-state index contributed by atoms with van der Waals surface area (Å²) in [6.07, 6.45) is -0.756. The molecule has 26 heavy (non-hydrogen) atoms. The van der Waals surface area contributed by atoms with E-state index in [4.69, 9.17) is 9.37 Å². The van der Waals surface area contributed by atoms with Crippen LogP contribution >= 0.6 is 0 Å². The summed E-state index contributed by atoms with van der Waals surface area (Å²) in [4.78, 5) is 12.4. The van der Waals surface area contributed by atoms with E-state index in [1.165, 1.54) is 24.3 Å².